The molecule has 112 valence electrons. The molecular weight excluding hydrogens is 286 g/mol. The maximum atomic E-state index is 11.4. The minimum absolute atomic E-state index is 0.275. The SMILES string of the molecule is NNc1ccc(-c2nc3cc(C(=O)NO)ccc3o2)cc1N. The van der Waals surface area contributed by atoms with Crippen molar-refractivity contribution < 1.29 is 14.4 Å². The van der Waals surface area contributed by atoms with E-state index >= 15 is 0 Å². The lowest BCUT2D eigenvalue weighted by Gasteiger charge is -2.05. The lowest BCUT2D eigenvalue weighted by molar-refractivity contribution is 0.0706. The Balaban J connectivity index is 2.05. The Morgan fingerprint density at radius 2 is 2.05 bits per heavy atom. The zero-order valence-corrected chi connectivity index (χ0v) is 11.3. The molecule has 0 aliphatic heterocycles. The van der Waals surface area contributed by atoms with Gasteiger partial charge in [0.15, 0.2) is 5.58 Å². The standard InChI is InChI=1S/C14H13N5O3/c15-9-5-8(1-3-10(9)18-16)14-17-11-6-7(13(20)19-21)2-4-12(11)22-14/h1-6,18,21H,15-16H2,(H,19,20). The molecule has 1 heterocycles. The van der Waals surface area contributed by atoms with Gasteiger partial charge in [0.1, 0.15) is 5.52 Å². The highest BCUT2D eigenvalue weighted by Gasteiger charge is 2.12. The van der Waals surface area contributed by atoms with Gasteiger partial charge in [-0.2, -0.15) is 0 Å². The first-order chi connectivity index (χ1) is 10.6. The monoisotopic (exact) mass is 299 g/mol. The van der Waals surface area contributed by atoms with Gasteiger partial charge >= 0.3 is 0 Å². The fourth-order valence-electron chi connectivity index (χ4n) is 2.08. The van der Waals surface area contributed by atoms with Crippen LogP contribution in [0.3, 0.4) is 0 Å². The van der Waals surface area contributed by atoms with Gasteiger partial charge in [-0.1, -0.05) is 0 Å². The van der Waals surface area contributed by atoms with Gasteiger partial charge in [-0.25, -0.2) is 10.5 Å². The number of carbonyl (C=O) groups is 1. The quantitative estimate of drug-likeness (QED) is 0.213. The number of anilines is 2. The highest BCUT2D eigenvalue weighted by Crippen LogP contribution is 2.29. The third-order valence-corrected chi connectivity index (χ3v) is 3.21. The smallest absolute Gasteiger partial charge is 0.274 e. The van der Waals surface area contributed by atoms with E-state index in [0.717, 1.165) is 0 Å². The Kier molecular flexibility index (Phi) is 3.37. The number of oxazole rings is 1. The van der Waals surface area contributed by atoms with Gasteiger partial charge in [0.2, 0.25) is 5.89 Å². The van der Waals surface area contributed by atoms with E-state index in [-0.39, 0.29) is 5.56 Å². The number of nitrogen functional groups attached to an aromatic ring is 2. The van der Waals surface area contributed by atoms with E-state index in [9.17, 15) is 4.79 Å². The largest absolute Gasteiger partial charge is 0.436 e. The van der Waals surface area contributed by atoms with Crippen LogP contribution in [-0.4, -0.2) is 16.1 Å². The zero-order chi connectivity index (χ0) is 15.7. The molecule has 0 radical (unpaired) electrons. The first-order valence-electron chi connectivity index (χ1n) is 6.34. The first-order valence-corrected chi connectivity index (χ1v) is 6.34. The van der Waals surface area contributed by atoms with Gasteiger partial charge < -0.3 is 15.6 Å². The number of benzene rings is 2. The number of nitrogens with one attached hydrogen (secondary N) is 2. The molecule has 7 N–H and O–H groups in total. The van der Waals surface area contributed by atoms with Crippen LogP contribution >= 0.6 is 0 Å². The Hall–Kier alpha value is -3.10. The van der Waals surface area contributed by atoms with E-state index in [1.54, 1.807) is 29.7 Å². The van der Waals surface area contributed by atoms with Gasteiger partial charge in [-0.05, 0) is 36.4 Å². The molecule has 8 nitrogen and oxygen atoms in total. The Morgan fingerprint density at radius 1 is 1.23 bits per heavy atom. The number of amides is 1. The summed E-state index contributed by atoms with van der Waals surface area (Å²) in [6, 6.07) is 9.81. The Labute approximate surface area is 124 Å². The molecule has 0 saturated heterocycles. The van der Waals surface area contributed by atoms with Crippen molar-refractivity contribution in [2.75, 3.05) is 11.2 Å². The molecule has 1 aromatic heterocycles. The second kappa shape index (κ2) is 5.35. The van der Waals surface area contributed by atoms with Crippen molar-refractivity contribution in [3.63, 3.8) is 0 Å². The number of carbonyl (C=O) groups excluding carboxylic acids is 1. The van der Waals surface area contributed by atoms with Crippen LogP contribution in [0.5, 0.6) is 0 Å². The van der Waals surface area contributed by atoms with Crippen LogP contribution in [0.1, 0.15) is 10.4 Å². The van der Waals surface area contributed by atoms with Crippen LogP contribution in [0.15, 0.2) is 40.8 Å². The normalized spacial score (nSPS) is 10.6. The third-order valence-electron chi connectivity index (χ3n) is 3.21. The summed E-state index contributed by atoms with van der Waals surface area (Å²) >= 11 is 0. The Morgan fingerprint density at radius 3 is 2.73 bits per heavy atom. The fraction of sp³-hybridized carbons (Fsp3) is 0. The van der Waals surface area contributed by atoms with Crippen molar-refractivity contribution >= 4 is 28.4 Å². The zero-order valence-electron chi connectivity index (χ0n) is 11.3. The number of nitrogens with two attached hydrogens (primary N) is 2. The fourth-order valence-corrected chi connectivity index (χ4v) is 2.08. The molecule has 1 amide bonds. The first kappa shape index (κ1) is 13.9. The minimum Gasteiger partial charge on any atom is -0.436 e. The van der Waals surface area contributed by atoms with E-state index in [2.05, 4.69) is 10.4 Å². The van der Waals surface area contributed by atoms with Crippen molar-refractivity contribution in [3.8, 4) is 11.5 Å². The Bertz CT molecular complexity index is 859. The van der Waals surface area contributed by atoms with Crippen LogP contribution in [0.4, 0.5) is 11.4 Å². The second-order valence-electron chi connectivity index (χ2n) is 4.59. The number of hydrazine groups is 1. The van der Waals surface area contributed by atoms with E-state index in [1.165, 1.54) is 12.1 Å². The molecule has 0 spiro atoms. The molecule has 0 aliphatic carbocycles. The van der Waals surface area contributed by atoms with Crippen molar-refractivity contribution in [2.45, 2.75) is 0 Å². The summed E-state index contributed by atoms with van der Waals surface area (Å²) in [6.07, 6.45) is 0. The van der Waals surface area contributed by atoms with Crippen LogP contribution in [0.2, 0.25) is 0 Å². The molecule has 22 heavy (non-hydrogen) atoms. The predicted molar refractivity (Wildman–Crippen MR) is 80.9 cm³/mol. The third kappa shape index (κ3) is 2.32. The highest BCUT2D eigenvalue weighted by atomic mass is 16.5. The number of rotatable bonds is 3. The molecule has 0 atom stereocenters. The summed E-state index contributed by atoms with van der Waals surface area (Å²) in [5.74, 6) is 5.08. The maximum absolute atomic E-state index is 11.4. The topological polar surface area (TPSA) is 139 Å². The lowest BCUT2D eigenvalue weighted by atomic mass is 10.2. The molecule has 0 aliphatic rings. The number of hydrogen-bond donors (Lipinski definition) is 5. The number of hydroxylamine groups is 1. The van der Waals surface area contributed by atoms with Crippen LogP contribution in [-0.2, 0) is 0 Å². The highest BCUT2D eigenvalue weighted by molar-refractivity contribution is 5.96. The molecular formula is C14H13N5O3. The van der Waals surface area contributed by atoms with Crippen molar-refractivity contribution in [3.05, 3.63) is 42.0 Å². The molecule has 0 bridgehead atoms. The number of nitrogens with zero attached hydrogens (tertiary/aromatic N) is 1. The summed E-state index contributed by atoms with van der Waals surface area (Å²) < 4.78 is 5.64. The molecule has 2 aromatic carbocycles. The van der Waals surface area contributed by atoms with Crippen LogP contribution < -0.4 is 22.5 Å². The summed E-state index contributed by atoms with van der Waals surface area (Å²) in [5.41, 5.74) is 12.9. The summed E-state index contributed by atoms with van der Waals surface area (Å²) in [7, 11) is 0. The molecule has 0 saturated carbocycles. The maximum Gasteiger partial charge on any atom is 0.274 e. The van der Waals surface area contributed by atoms with Gasteiger partial charge in [-0.15, -0.1) is 0 Å². The molecule has 8 heteroatoms. The second-order valence-corrected chi connectivity index (χ2v) is 4.59. The number of aromatic nitrogens is 1. The summed E-state index contributed by atoms with van der Waals surface area (Å²) in [5, 5.41) is 8.65. The molecule has 0 unspecified atom stereocenters. The minimum atomic E-state index is -0.617. The molecule has 3 rings (SSSR count). The molecule has 0 fully saturated rings. The van der Waals surface area contributed by atoms with Crippen molar-refractivity contribution in [2.24, 2.45) is 5.84 Å². The van der Waals surface area contributed by atoms with Gasteiger partial charge in [0.05, 0.1) is 11.4 Å². The van der Waals surface area contributed by atoms with Gasteiger partial charge in [0, 0.05) is 11.1 Å². The summed E-state index contributed by atoms with van der Waals surface area (Å²) in [4.78, 5) is 15.7. The van der Waals surface area contributed by atoms with Gasteiger partial charge in [0.25, 0.3) is 5.91 Å². The number of fused-ring (bicyclic) bond motifs is 1. The average Bonchev–Trinajstić information content (AvgIpc) is 2.97. The van der Waals surface area contributed by atoms with Crippen molar-refractivity contribution in [1.82, 2.24) is 10.5 Å². The van der Waals surface area contributed by atoms with Gasteiger partial charge in [-0.3, -0.25) is 15.8 Å². The van der Waals surface area contributed by atoms with Crippen molar-refractivity contribution in [1.29, 1.82) is 0 Å². The number of hydrogen-bond acceptors (Lipinski definition) is 7. The van der Waals surface area contributed by atoms with Crippen LogP contribution in [0, 0.1) is 0 Å². The van der Waals surface area contributed by atoms with Crippen LogP contribution in [0.25, 0.3) is 22.6 Å². The predicted octanol–water partition coefficient (Wildman–Crippen LogP) is 1.48. The average molecular weight is 299 g/mol. The van der Waals surface area contributed by atoms with E-state index in [4.69, 9.17) is 21.2 Å². The van der Waals surface area contributed by atoms with E-state index in [0.29, 0.717) is 33.9 Å². The van der Waals surface area contributed by atoms with E-state index in [1.807, 2.05) is 0 Å². The summed E-state index contributed by atoms with van der Waals surface area (Å²) in [6.45, 7) is 0. The molecule has 3 aromatic rings. The van der Waals surface area contributed by atoms with E-state index < -0.39 is 5.91 Å². The lowest BCUT2D eigenvalue weighted by Crippen LogP contribution is -2.18.